The summed E-state index contributed by atoms with van der Waals surface area (Å²) in [7, 11) is 0. The molecule has 0 aliphatic heterocycles. The number of aryl methyl sites for hydroxylation is 2. The first-order valence-corrected chi connectivity index (χ1v) is 10.2. The lowest BCUT2D eigenvalue weighted by molar-refractivity contribution is -0.151. The first-order valence-electron chi connectivity index (χ1n) is 7.99. The first kappa shape index (κ1) is 20.2. The minimum Gasteiger partial charge on any atom is -0.453 e. The van der Waals surface area contributed by atoms with E-state index in [9.17, 15) is 14.4 Å². The van der Waals surface area contributed by atoms with Crippen LogP contribution in [-0.4, -0.2) is 40.0 Å². The fourth-order valence-corrected chi connectivity index (χ4v) is 3.94. The molecule has 4 N–H and O–H groups in total. The number of thioether (sulfide) groups is 1. The number of fused-ring (bicyclic) bond motifs is 1. The lowest BCUT2D eigenvalue weighted by Crippen LogP contribution is -2.45. The summed E-state index contributed by atoms with van der Waals surface area (Å²) in [5, 5.41) is 2.94. The van der Waals surface area contributed by atoms with Crippen molar-refractivity contribution in [2.24, 2.45) is 5.73 Å². The van der Waals surface area contributed by atoms with E-state index in [0.717, 1.165) is 10.4 Å². The summed E-state index contributed by atoms with van der Waals surface area (Å²) in [6.45, 7) is 5.42. The molecule has 0 radical (unpaired) electrons. The van der Waals surface area contributed by atoms with Crippen LogP contribution in [0.25, 0.3) is 10.2 Å². The summed E-state index contributed by atoms with van der Waals surface area (Å²) in [5.74, 6) is 0.301. The molecule has 8 nitrogen and oxygen atoms in total. The number of primary amides is 1. The van der Waals surface area contributed by atoms with Crippen molar-refractivity contribution in [3.8, 4) is 0 Å². The Morgan fingerprint density at radius 2 is 2.12 bits per heavy atom. The number of amides is 2. The average Bonchev–Trinajstić information content (AvgIpc) is 2.85. The molecule has 142 valence electrons. The molecule has 2 amide bonds. The molecule has 0 unspecified atom stereocenters. The Hall–Kier alpha value is -2.07. The molecule has 0 aliphatic rings. The lowest BCUT2D eigenvalue weighted by Gasteiger charge is -2.19. The first-order chi connectivity index (χ1) is 12.2. The standard InChI is InChI=1S/C16H22N4O4S2/c1-7-9(3)26-14-11(7)13(21)19-12(20-14)8(2)24-15(22)10(5-6-25-4)18-16(17)23/h8,10H,5-6H2,1-4H3,(H3,17,18,23)(H,19,20,21)/t8-,10-/m0/s1. The Morgan fingerprint density at radius 1 is 1.42 bits per heavy atom. The van der Waals surface area contributed by atoms with E-state index >= 15 is 0 Å². The number of hydrogen-bond donors (Lipinski definition) is 3. The van der Waals surface area contributed by atoms with Crippen molar-refractivity contribution in [1.82, 2.24) is 15.3 Å². The number of urea groups is 1. The number of H-pyrrole nitrogens is 1. The number of aromatic nitrogens is 2. The molecule has 2 aromatic rings. The van der Waals surface area contributed by atoms with E-state index in [1.165, 1.54) is 23.1 Å². The van der Waals surface area contributed by atoms with Gasteiger partial charge in [-0.25, -0.2) is 14.6 Å². The van der Waals surface area contributed by atoms with Crippen LogP contribution in [0.3, 0.4) is 0 Å². The lowest BCUT2D eigenvalue weighted by atomic mass is 10.2. The third kappa shape index (κ3) is 4.55. The second kappa shape index (κ2) is 8.54. The number of hydrogen-bond acceptors (Lipinski definition) is 7. The number of carbonyl (C=O) groups is 2. The summed E-state index contributed by atoms with van der Waals surface area (Å²) >= 11 is 2.96. The minimum atomic E-state index is -0.843. The van der Waals surface area contributed by atoms with Gasteiger partial charge in [-0.2, -0.15) is 11.8 Å². The van der Waals surface area contributed by atoms with E-state index in [-0.39, 0.29) is 11.4 Å². The molecule has 2 aromatic heterocycles. The van der Waals surface area contributed by atoms with Crippen molar-refractivity contribution in [1.29, 1.82) is 0 Å². The van der Waals surface area contributed by atoms with Gasteiger partial charge in [0.1, 0.15) is 10.9 Å². The zero-order valence-electron chi connectivity index (χ0n) is 15.0. The van der Waals surface area contributed by atoms with Crippen molar-refractivity contribution < 1.29 is 14.3 Å². The Kier molecular flexibility index (Phi) is 6.65. The highest BCUT2D eigenvalue weighted by molar-refractivity contribution is 7.98. The second-order valence-electron chi connectivity index (χ2n) is 5.84. The van der Waals surface area contributed by atoms with Crippen LogP contribution in [0.15, 0.2) is 4.79 Å². The summed E-state index contributed by atoms with van der Waals surface area (Å²) in [6.07, 6.45) is 1.51. The largest absolute Gasteiger partial charge is 0.453 e. The molecule has 2 heterocycles. The maximum Gasteiger partial charge on any atom is 0.329 e. The quantitative estimate of drug-likeness (QED) is 0.612. The zero-order valence-corrected chi connectivity index (χ0v) is 16.7. The highest BCUT2D eigenvalue weighted by Gasteiger charge is 2.25. The third-order valence-electron chi connectivity index (χ3n) is 3.95. The maximum absolute atomic E-state index is 12.4. The van der Waals surface area contributed by atoms with E-state index in [2.05, 4.69) is 15.3 Å². The number of nitrogens with one attached hydrogen (secondary N) is 2. The van der Waals surface area contributed by atoms with Gasteiger partial charge < -0.3 is 20.8 Å². The molecule has 0 fully saturated rings. The Balaban J connectivity index is 2.21. The molecule has 0 saturated heterocycles. The van der Waals surface area contributed by atoms with Gasteiger partial charge in [0.15, 0.2) is 11.9 Å². The number of nitrogens with two attached hydrogens (primary N) is 1. The fraction of sp³-hybridized carbons (Fsp3) is 0.500. The highest BCUT2D eigenvalue weighted by atomic mass is 32.2. The number of aromatic amines is 1. The van der Waals surface area contributed by atoms with Gasteiger partial charge in [-0.15, -0.1) is 11.3 Å². The number of rotatable bonds is 7. The van der Waals surface area contributed by atoms with Crippen LogP contribution in [-0.2, 0) is 9.53 Å². The summed E-state index contributed by atoms with van der Waals surface area (Å²) in [4.78, 5) is 44.5. The molecule has 2 atom stereocenters. The van der Waals surface area contributed by atoms with Gasteiger partial charge in [0.25, 0.3) is 5.56 Å². The Labute approximate surface area is 158 Å². The molecular weight excluding hydrogens is 376 g/mol. The Bertz CT molecular complexity index is 877. The normalized spacial score (nSPS) is 13.4. The molecule has 0 bridgehead atoms. The molecular formula is C16H22N4O4S2. The monoisotopic (exact) mass is 398 g/mol. The predicted molar refractivity (Wildman–Crippen MR) is 104 cm³/mol. The van der Waals surface area contributed by atoms with Gasteiger partial charge in [-0.3, -0.25) is 4.79 Å². The van der Waals surface area contributed by atoms with Crippen LogP contribution in [0.5, 0.6) is 0 Å². The third-order valence-corrected chi connectivity index (χ3v) is 5.69. The molecule has 10 heteroatoms. The van der Waals surface area contributed by atoms with Crippen LogP contribution in [0.2, 0.25) is 0 Å². The summed E-state index contributed by atoms with van der Waals surface area (Å²) in [6, 6.07) is -1.64. The molecule has 2 rings (SSSR count). The van der Waals surface area contributed by atoms with Crippen molar-refractivity contribution in [3.05, 3.63) is 26.6 Å². The van der Waals surface area contributed by atoms with Gasteiger partial charge in [0.2, 0.25) is 0 Å². The topological polar surface area (TPSA) is 127 Å². The van der Waals surface area contributed by atoms with Gasteiger partial charge >= 0.3 is 12.0 Å². The molecule has 0 aromatic carbocycles. The number of ether oxygens (including phenoxy) is 1. The number of nitrogens with zero attached hydrogens (tertiary/aromatic N) is 1. The average molecular weight is 399 g/mol. The van der Waals surface area contributed by atoms with Gasteiger partial charge in [0.05, 0.1) is 5.39 Å². The van der Waals surface area contributed by atoms with E-state index in [1.54, 1.807) is 6.92 Å². The van der Waals surface area contributed by atoms with Crippen LogP contribution < -0.4 is 16.6 Å². The summed E-state index contributed by atoms with van der Waals surface area (Å²) in [5.41, 5.74) is 5.76. The van der Waals surface area contributed by atoms with Crippen molar-refractivity contribution in [3.63, 3.8) is 0 Å². The maximum atomic E-state index is 12.4. The van der Waals surface area contributed by atoms with E-state index in [4.69, 9.17) is 10.5 Å². The van der Waals surface area contributed by atoms with E-state index in [1.807, 2.05) is 20.1 Å². The van der Waals surface area contributed by atoms with Gasteiger partial charge in [0, 0.05) is 4.88 Å². The minimum absolute atomic E-state index is 0.260. The second-order valence-corrected chi connectivity index (χ2v) is 8.03. The molecule has 26 heavy (non-hydrogen) atoms. The fourth-order valence-electron chi connectivity index (χ4n) is 2.43. The van der Waals surface area contributed by atoms with Crippen LogP contribution in [0.4, 0.5) is 4.79 Å². The van der Waals surface area contributed by atoms with Gasteiger partial charge in [-0.05, 0) is 44.8 Å². The predicted octanol–water partition coefficient (Wildman–Crippen LogP) is 2.00. The zero-order chi connectivity index (χ0) is 19.4. The van der Waals surface area contributed by atoms with Crippen molar-refractivity contribution in [2.45, 2.75) is 39.3 Å². The van der Waals surface area contributed by atoms with E-state index < -0.39 is 24.1 Å². The van der Waals surface area contributed by atoms with Crippen molar-refractivity contribution in [2.75, 3.05) is 12.0 Å². The smallest absolute Gasteiger partial charge is 0.329 e. The highest BCUT2D eigenvalue weighted by Crippen LogP contribution is 2.27. The molecule has 0 saturated carbocycles. The SMILES string of the molecule is CSCC[C@H](NC(N)=O)C(=O)O[C@@H](C)c1nc2sc(C)c(C)c2c(=O)[nH]1. The van der Waals surface area contributed by atoms with Crippen LogP contribution >= 0.6 is 23.1 Å². The molecule has 0 spiro atoms. The van der Waals surface area contributed by atoms with Crippen LogP contribution in [0.1, 0.15) is 35.7 Å². The van der Waals surface area contributed by atoms with Crippen LogP contribution in [0, 0.1) is 13.8 Å². The van der Waals surface area contributed by atoms with E-state index in [0.29, 0.717) is 22.4 Å². The Morgan fingerprint density at radius 3 is 2.73 bits per heavy atom. The summed E-state index contributed by atoms with van der Waals surface area (Å²) < 4.78 is 5.39. The van der Waals surface area contributed by atoms with Crippen molar-refractivity contribution >= 4 is 45.3 Å². The number of carbonyl (C=O) groups excluding carboxylic acids is 2. The number of esters is 1. The van der Waals surface area contributed by atoms with Gasteiger partial charge in [-0.1, -0.05) is 0 Å². The molecule has 0 aliphatic carbocycles. The number of thiophene rings is 1.